The van der Waals surface area contributed by atoms with Crippen molar-refractivity contribution in [3.63, 3.8) is 0 Å². The van der Waals surface area contributed by atoms with Gasteiger partial charge < -0.3 is 4.18 Å². The van der Waals surface area contributed by atoms with Gasteiger partial charge in [-0.15, -0.1) is 0 Å². The number of carbonyl (C=O) groups excluding carboxylic acids is 1. The van der Waals surface area contributed by atoms with Gasteiger partial charge in [0.25, 0.3) is 0 Å². The Morgan fingerprint density at radius 2 is 1.48 bits per heavy atom. The van der Waals surface area contributed by atoms with Crippen LogP contribution in [0, 0.1) is 5.82 Å². The molecule has 0 heterocycles. The van der Waals surface area contributed by atoms with E-state index in [-0.39, 0.29) is 16.4 Å². The Morgan fingerprint density at radius 1 is 0.852 bits per heavy atom. The maximum absolute atomic E-state index is 12.9. The molecule has 0 aromatic heterocycles. The number of benzene rings is 3. The third-order valence-corrected chi connectivity index (χ3v) is 4.94. The van der Waals surface area contributed by atoms with Gasteiger partial charge in [-0.25, -0.2) is 4.39 Å². The van der Waals surface area contributed by atoms with Crippen LogP contribution in [0.4, 0.5) is 4.39 Å². The predicted octanol–water partition coefficient (Wildman–Crippen LogP) is 4.49. The molecule has 0 aliphatic rings. The van der Waals surface area contributed by atoms with Crippen LogP contribution in [-0.4, -0.2) is 14.2 Å². The normalized spacial score (nSPS) is 11.4. The second kappa shape index (κ2) is 7.97. The van der Waals surface area contributed by atoms with Gasteiger partial charge in [0.1, 0.15) is 16.5 Å². The number of ketones is 1. The third-order valence-electron chi connectivity index (χ3n) is 3.67. The first-order valence-electron chi connectivity index (χ1n) is 8.02. The first kappa shape index (κ1) is 18.5. The Hall–Kier alpha value is -3.25. The molecule has 0 aliphatic carbocycles. The molecule has 0 radical (unpaired) electrons. The van der Waals surface area contributed by atoms with Crippen LogP contribution in [-0.2, 0) is 10.1 Å². The van der Waals surface area contributed by atoms with Crippen molar-refractivity contribution in [3.05, 3.63) is 102 Å². The number of hydrogen-bond acceptors (Lipinski definition) is 4. The van der Waals surface area contributed by atoms with Crippen molar-refractivity contribution in [3.8, 4) is 5.75 Å². The van der Waals surface area contributed by atoms with Crippen molar-refractivity contribution >= 4 is 22.0 Å². The van der Waals surface area contributed by atoms with Gasteiger partial charge in [0.2, 0.25) is 0 Å². The molecule has 3 rings (SSSR count). The summed E-state index contributed by atoms with van der Waals surface area (Å²) in [6.07, 6.45) is 3.08. The van der Waals surface area contributed by atoms with E-state index < -0.39 is 15.9 Å². The van der Waals surface area contributed by atoms with Crippen molar-refractivity contribution in [2.75, 3.05) is 0 Å². The van der Waals surface area contributed by atoms with Crippen molar-refractivity contribution in [2.45, 2.75) is 4.90 Å². The van der Waals surface area contributed by atoms with Gasteiger partial charge in [0.15, 0.2) is 5.78 Å². The highest BCUT2D eigenvalue weighted by atomic mass is 32.2. The van der Waals surface area contributed by atoms with Crippen LogP contribution < -0.4 is 4.18 Å². The van der Waals surface area contributed by atoms with Crippen LogP contribution >= 0.6 is 0 Å². The fourth-order valence-electron chi connectivity index (χ4n) is 2.28. The van der Waals surface area contributed by atoms with Crippen LogP contribution in [0.5, 0.6) is 5.75 Å². The molecule has 0 N–H and O–H groups in total. The monoisotopic (exact) mass is 382 g/mol. The standard InChI is InChI=1S/C21H15FO4S/c22-18-9-13-20(14-10-18)27(24,25)26-19-11-6-16(7-12-19)8-15-21(23)17-4-2-1-3-5-17/h1-15H/b15-8-. The van der Waals surface area contributed by atoms with E-state index in [9.17, 15) is 17.6 Å². The lowest BCUT2D eigenvalue weighted by atomic mass is 10.1. The summed E-state index contributed by atoms with van der Waals surface area (Å²) >= 11 is 0. The quantitative estimate of drug-likeness (QED) is 0.358. The average Bonchev–Trinajstić information content (AvgIpc) is 2.68. The van der Waals surface area contributed by atoms with Gasteiger partial charge in [-0.3, -0.25) is 4.79 Å². The molecule has 0 saturated carbocycles. The molecule has 3 aromatic rings. The van der Waals surface area contributed by atoms with Gasteiger partial charge in [0.05, 0.1) is 0 Å². The molecule has 0 saturated heterocycles. The fourth-order valence-corrected chi connectivity index (χ4v) is 3.21. The van der Waals surface area contributed by atoms with Gasteiger partial charge in [-0.2, -0.15) is 8.42 Å². The molecule has 136 valence electrons. The molecule has 0 aliphatic heterocycles. The number of carbonyl (C=O) groups is 1. The first-order chi connectivity index (χ1) is 12.9. The minimum absolute atomic E-state index is 0.117. The number of hydrogen-bond donors (Lipinski definition) is 0. The summed E-state index contributed by atoms with van der Waals surface area (Å²) in [6, 6.07) is 19.4. The summed E-state index contributed by atoms with van der Waals surface area (Å²) in [4.78, 5) is 11.9. The number of rotatable bonds is 6. The lowest BCUT2D eigenvalue weighted by molar-refractivity contribution is 0.104. The molecule has 0 atom stereocenters. The van der Waals surface area contributed by atoms with Crippen molar-refractivity contribution in [1.29, 1.82) is 0 Å². The summed E-state index contributed by atoms with van der Waals surface area (Å²) in [7, 11) is -4.04. The maximum Gasteiger partial charge on any atom is 0.339 e. The summed E-state index contributed by atoms with van der Waals surface area (Å²) in [6.45, 7) is 0. The minimum atomic E-state index is -4.04. The SMILES string of the molecule is O=C(/C=C\c1ccc(OS(=O)(=O)c2ccc(F)cc2)cc1)c1ccccc1. The molecule has 6 heteroatoms. The molecule has 4 nitrogen and oxygen atoms in total. The summed E-state index contributed by atoms with van der Waals surface area (Å²) in [5, 5.41) is 0. The topological polar surface area (TPSA) is 60.4 Å². The van der Waals surface area contributed by atoms with E-state index in [4.69, 9.17) is 4.18 Å². The second-order valence-corrected chi connectivity index (χ2v) is 7.17. The average molecular weight is 382 g/mol. The Bertz CT molecular complexity index is 1060. The zero-order valence-electron chi connectivity index (χ0n) is 14.1. The Kier molecular flexibility index (Phi) is 5.47. The van der Waals surface area contributed by atoms with Crippen LogP contribution in [0.15, 0.2) is 89.8 Å². The van der Waals surface area contributed by atoms with Gasteiger partial charge in [0, 0.05) is 5.56 Å². The van der Waals surface area contributed by atoms with E-state index in [1.54, 1.807) is 42.5 Å². The zero-order valence-corrected chi connectivity index (χ0v) is 14.9. The molecule has 27 heavy (non-hydrogen) atoms. The van der Waals surface area contributed by atoms with E-state index in [2.05, 4.69) is 0 Å². The summed E-state index contributed by atoms with van der Waals surface area (Å²) in [5.41, 5.74) is 1.30. The Labute approximate surface area is 156 Å². The van der Waals surface area contributed by atoms with Crippen molar-refractivity contribution in [1.82, 2.24) is 0 Å². The highest BCUT2D eigenvalue weighted by Crippen LogP contribution is 2.20. The third kappa shape index (κ3) is 4.89. The smallest absolute Gasteiger partial charge is 0.339 e. The maximum atomic E-state index is 12.9. The Morgan fingerprint density at radius 3 is 2.11 bits per heavy atom. The molecule has 0 fully saturated rings. The second-order valence-electron chi connectivity index (χ2n) is 5.62. The van der Waals surface area contributed by atoms with Crippen molar-refractivity contribution < 1.29 is 21.8 Å². The Balaban J connectivity index is 1.69. The van der Waals surface area contributed by atoms with Gasteiger partial charge in [-0.1, -0.05) is 48.5 Å². The summed E-state index contributed by atoms with van der Waals surface area (Å²) in [5.74, 6) is -0.546. The zero-order chi connectivity index (χ0) is 19.3. The lowest BCUT2D eigenvalue weighted by Gasteiger charge is -2.07. The van der Waals surface area contributed by atoms with Crippen LogP contribution in [0.25, 0.3) is 6.08 Å². The number of allylic oxidation sites excluding steroid dienone is 1. The van der Waals surface area contributed by atoms with E-state index in [0.717, 1.165) is 24.3 Å². The molecule has 0 bridgehead atoms. The highest BCUT2D eigenvalue weighted by molar-refractivity contribution is 7.87. The van der Waals surface area contributed by atoms with E-state index >= 15 is 0 Å². The predicted molar refractivity (Wildman–Crippen MR) is 100 cm³/mol. The molecule has 0 amide bonds. The van der Waals surface area contributed by atoms with Crippen LogP contribution in [0.2, 0.25) is 0 Å². The van der Waals surface area contributed by atoms with E-state index in [0.29, 0.717) is 11.1 Å². The van der Waals surface area contributed by atoms with E-state index in [1.807, 2.05) is 6.07 Å². The lowest BCUT2D eigenvalue weighted by Crippen LogP contribution is -2.09. The van der Waals surface area contributed by atoms with Gasteiger partial charge >= 0.3 is 10.1 Å². The fraction of sp³-hybridized carbons (Fsp3) is 0. The molecular formula is C21H15FO4S. The molecule has 0 unspecified atom stereocenters. The molecular weight excluding hydrogens is 367 g/mol. The number of halogens is 1. The molecule has 3 aromatic carbocycles. The molecule has 0 spiro atoms. The van der Waals surface area contributed by atoms with Gasteiger partial charge in [-0.05, 0) is 48.0 Å². The first-order valence-corrected chi connectivity index (χ1v) is 9.42. The summed E-state index contributed by atoms with van der Waals surface area (Å²) < 4.78 is 42.3. The van der Waals surface area contributed by atoms with Crippen molar-refractivity contribution in [2.24, 2.45) is 0 Å². The van der Waals surface area contributed by atoms with E-state index in [1.165, 1.54) is 18.2 Å². The minimum Gasteiger partial charge on any atom is -0.379 e. The van der Waals surface area contributed by atoms with Crippen LogP contribution in [0.3, 0.4) is 0 Å². The van der Waals surface area contributed by atoms with Crippen LogP contribution in [0.1, 0.15) is 15.9 Å². The largest absolute Gasteiger partial charge is 0.379 e. The highest BCUT2D eigenvalue weighted by Gasteiger charge is 2.16.